The topological polar surface area (TPSA) is 55.9 Å². The normalized spacial score (nSPS) is 12.6. The Hall–Kier alpha value is -1.65. The van der Waals surface area contributed by atoms with Gasteiger partial charge in [0.25, 0.3) is 0 Å². The molecule has 4 nitrogen and oxygen atoms in total. The Labute approximate surface area is 108 Å². The van der Waals surface area contributed by atoms with Crippen LogP contribution in [-0.2, 0) is 13.6 Å². The van der Waals surface area contributed by atoms with Crippen molar-refractivity contribution in [2.24, 2.45) is 12.8 Å². The predicted octanol–water partition coefficient (Wildman–Crippen LogP) is 1.52. The highest BCUT2D eigenvalue weighted by Gasteiger charge is 2.14. The second-order valence-corrected chi connectivity index (χ2v) is 4.46. The first-order chi connectivity index (χ1) is 8.72. The van der Waals surface area contributed by atoms with Crippen LogP contribution in [0.3, 0.4) is 0 Å². The molecule has 0 aliphatic rings. The first kappa shape index (κ1) is 12.8. The lowest BCUT2D eigenvalue weighted by Gasteiger charge is -2.16. The summed E-state index contributed by atoms with van der Waals surface area (Å²) in [5.74, 6) is 0. The monoisotopic (exact) mass is 244 g/mol. The molecule has 0 bridgehead atoms. The molecule has 0 aliphatic heterocycles. The van der Waals surface area contributed by atoms with Crippen molar-refractivity contribution in [1.82, 2.24) is 15.1 Å². The zero-order valence-corrected chi connectivity index (χ0v) is 10.9. The fourth-order valence-corrected chi connectivity index (χ4v) is 2.01. The van der Waals surface area contributed by atoms with E-state index in [9.17, 15) is 0 Å². The molecule has 0 saturated heterocycles. The third kappa shape index (κ3) is 2.78. The van der Waals surface area contributed by atoms with Crippen molar-refractivity contribution < 1.29 is 0 Å². The summed E-state index contributed by atoms with van der Waals surface area (Å²) >= 11 is 0. The largest absolute Gasteiger partial charge is 0.329 e. The van der Waals surface area contributed by atoms with Crippen molar-refractivity contribution in [1.29, 1.82) is 0 Å². The van der Waals surface area contributed by atoms with Crippen LogP contribution in [0.2, 0.25) is 0 Å². The Morgan fingerprint density at radius 3 is 2.61 bits per heavy atom. The summed E-state index contributed by atoms with van der Waals surface area (Å²) in [6, 6.07) is 10.5. The number of benzene rings is 1. The van der Waals surface area contributed by atoms with Gasteiger partial charge in [0.05, 0.1) is 6.20 Å². The van der Waals surface area contributed by atoms with Gasteiger partial charge < -0.3 is 11.1 Å². The Morgan fingerprint density at radius 1 is 1.33 bits per heavy atom. The lowest BCUT2D eigenvalue weighted by molar-refractivity contribution is 0.538. The van der Waals surface area contributed by atoms with Gasteiger partial charge in [-0.3, -0.25) is 4.68 Å². The van der Waals surface area contributed by atoms with E-state index >= 15 is 0 Å². The number of nitrogens with one attached hydrogen (secondary N) is 1. The SMILES string of the molecule is Cc1c(C(CN)NCc2ccccc2)cnn1C. The number of aryl methyl sites for hydroxylation is 1. The third-order valence-electron chi connectivity index (χ3n) is 3.28. The molecule has 0 fully saturated rings. The molecule has 3 N–H and O–H groups in total. The van der Waals surface area contributed by atoms with Crippen molar-refractivity contribution in [3.05, 3.63) is 53.3 Å². The first-order valence-electron chi connectivity index (χ1n) is 6.18. The molecule has 1 heterocycles. The molecule has 18 heavy (non-hydrogen) atoms. The lowest BCUT2D eigenvalue weighted by Crippen LogP contribution is -2.28. The Bertz CT molecular complexity index is 490. The molecule has 0 saturated carbocycles. The van der Waals surface area contributed by atoms with Gasteiger partial charge in [0.1, 0.15) is 0 Å². The lowest BCUT2D eigenvalue weighted by atomic mass is 10.1. The standard InChI is InChI=1S/C14H20N4/c1-11-13(10-17-18(11)2)14(8-15)16-9-12-6-4-3-5-7-12/h3-7,10,14,16H,8-9,15H2,1-2H3. The highest BCUT2D eigenvalue weighted by molar-refractivity contribution is 5.21. The molecule has 96 valence electrons. The second kappa shape index (κ2) is 5.80. The van der Waals surface area contributed by atoms with Crippen molar-refractivity contribution in [3.8, 4) is 0 Å². The first-order valence-corrected chi connectivity index (χ1v) is 6.18. The maximum Gasteiger partial charge on any atom is 0.0540 e. The van der Waals surface area contributed by atoms with Crippen molar-refractivity contribution >= 4 is 0 Å². The average molecular weight is 244 g/mol. The molecule has 1 aromatic carbocycles. The maximum atomic E-state index is 5.85. The summed E-state index contributed by atoms with van der Waals surface area (Å²) in [4.78, 5) is 0. The van der Waals surface area contributed by atoms with E-state index in [1.54, 1.807) is 0 Å². The van der Waals surface area contributed by atoms with Gasteiger partial charge in [-0.05, 0) is 12.5 Å². The Morgan fingerprint density at radius 2 is 2.06 bits per heavy atom. The predicted molar refractivity (Wildman–Crippen MR) is 73.0 cm³/mol. The van der Waals surface area contributed by atoms with E-state index in [-0.39, 0.29) is 6.04 Å². The molecule has 1 unspecified atom stereocenters. The van der Waals surface area contributed by atoms with E-state index in [1.807, 2.05) is 36.1 Å². The van der Waals surface area contributed by atoms with E-state index < -0.39 is 0 Å². The molecule has 0 aliphatic carbocycles. The summed E-state index contributed by atoms with van der Waals surface area (Å²) in [6.45, 7) is 3.45. The molecular formula is C14H20N4. The van der Waals surface area contributed by atoms with Crippen LogP contribution in [0.15, 0.2) is 36.5 Å². The average Bonchev–Trinajstić information content (AvgIpc) is 2.73. The van der Waals surface area contributed by atoms with Crippen molar-refractivity contribution in [3.63, 3.8) is 0 Å². The van der Waals surface area contributed by atoms with E-state index in [2.05, 4.69) is 29.5 Å². The number of hydrogen-bond donors (Lipinski definition) is 2. The van der Waals surface area contributed by atoms with Gasteiger partial charge in [-0.15, -0.1) is 0 Å². The molecular weight excluding hydrogens is 224 g/mol. The molecule has 0 amide bonds. The minimum atomic E-state index is 0.152. The van der Waals surface area contributed by atoms with Crippen LogP contribution in [0.4, 0.5) is 0 Å². The summed E-state index contributed by atoms with van der Waals surface area (Å²) < 4.78 is 1.88. The summed E-state index contributed by atoms with van der Waals surface area (Å²) in [5.41, 5.74) is 9.44. The molecule has 2 rings (SSSR count). The number of rotatable bonds is 5. The van der Waals surface area contributed by atoms with Crippen LogP contribution < -0.4 is 11.1 Å². The number of hydrogen-bond acceptors (Lipinski definition) is 3. The van der Waals surface area contributed by atoms with Gasteiger partial charge in [-0.2, -0.15) is 5.10 Å². The molecule has 1 aromatic heterocycles. The van der Waals surface area contributed by atoms with Crippen molar-refractivity contribution in [2.75, 3.05) is 6.54 Å². The summed E-state index contributed by atoms with van der Waals surface area (Å²) in [7, 11) is 1.95. The Kier molecular flexibility index (Phi) is 4.12. The van der Waals surface area contributed by atoms with Gasteiger partial charge in [0.2, 0.25) is 0 Å². The van der Waals surface area contributed by atoms with Crippen LogP contribution in [0.5, 0.6) is 0 Å². The molecule has 0 radical (unpaired) electrons. The van der Waals surface area contributed by atoms with Gasteiger partial charge >= 0.3 is 0 Å². The molecule has 1 atom stereocenters. The fraction of sp³-hybridized carbons (Fsp3) is 0.357. The fourth-order valence-electron chi connectivity index (χ4n) is 2.01. The minimum Gasteiger partial charge on any atom is -0.329 e. The molecule has 2 aromatic rings. The highest BCUT2D eigenvalue weighted by atomic mass is 15.3. The van der Waals surface area contributed by atoms with Gasteiger partial charge in [0, 0.05) is 37.4 Å². The summed E-state index contributed by atoms with van der Waals surface area (Å²) in [6.07, 6.45) is 1.89. The highest BCUT2D eigenvalue weighted by Crippen LogP contribution is 2.16. The van der Waals surface area contributed by atoms with E-state index in [0.29, 0.717) is 6.54 Å². The molecule has 0 spiro atoms. The van der Waals surface area contributed by atoms with Gasteiger partial charge in [-0.25, -0.2) is 0 Å². The van der Waals surface area contributed by atoms with E-state index in [0.717, 1.165) is 12.2 Å². The van der Waals surface area contributed by atoms with Gasteiger partial charge in [0.15, 0.2) is 0 Å². The van der Waals surface area contributed by atoms with Crippen LogP contribution >= 0.6 is 0 Å². The third-order valence-corrected chi connectivity index (χ3v) is 3.28. The zero-order chi connectivity index (χ0) is 13.0. The quantitative estimate of drug-likeness (QED) is 0.838. The number of nitrogens with two attached hydrogens (primary N) is 1. The molecule has 4 heteroatoms. The number of nitrogens with zero attached hydrogens (tertiary/aromatic N) is 2. The number of aromatic nitrogens is 2. The Balaban J connectivity index is 2.04. The van der Waals surface area contributed by atoms with Crippen LogP contribution in [0, 0.1) is 6.92 Å². The van der Waals surface area contributed by atoms with Gasteiger partial charge in [-0.1, -0.05) is 30.3 Å². The zero-order valence-electron chi connectivity index (χ0n) is 10.9. The summed E-state index contributed by atoms with van der Waals surface area (Å²) in [5, 5.41) is 7.74. The minimum absolute atomic E-state index is 0.152. The maximum absolute atomic E-state index is 5.85. The van der Waals surface area contributed by atoms with E-state index in [1.165, 1.54) is 11.1 Å². The van der Waals surface area contributed by atoms with Crippen LogP contribution in [0.25, 0.3) is 0 Å². The second-order valence-electron chi connectivity index (χ2n) is 4.46. The van der Waals surface area contributed by atoms with Crippen LogP contribution in [-0.4, -0.2) is 16.3 Å². The smallest absolute Gasteiger partial charge is 0.0540 e. The van der Waals surface area contributed by atoms with E-state index in [4.69, 9.17) is 5.73 Å². The van der Waals surface area contributed by atoms with Crippen LogP contribution in [0.1, 0.15) is 22.9 Å². The van der Waals surface area contributed by atoms with Crippen molar-refractivity contribution in [2.45, 2.75) is 19.5 Å².